The smallest absolute Gasteiger partial charge is 0.262 e. The van der Waals surface area contributed by atoms with Gasteiger partial charge in [0.1, 0.15) is 5.69 Å². The lowest BCUT2D eigenvalue weighted by Crippen LogP contribution is -2.35. The van der Waals surface area contributed by atoms with Gasteiger partial charge in [-0.25, -0.2) is 0 Å². The lowest BCUT2D eigenvalue weighted by atomic mass is 10.1. The minimum atomic E-state index is -0.345. The van der Waals surface area contributed by atoms with E-state index in [9.17, 15) is 9.59 Å². The number of fused-ring (bicyclic) bond motifs is 1. The maximum Gasteiger partial charge on any atom is 0.262 e. The number of carbonyl (C=O) groups is 2. The molecule has 1 aromatic carbocycles. The number of ketones is 1. The van der Waals surface area contributed by atoms with E-state index < -0.39 is 0 Å². The first-order chi connectivity index (χ1) is 9.68. The van der Waals surface area contributed by atoms with Crippen LogP contribution in [0.3, 0.4) is 0 Å². The Morgan fingerprint density at radius 3 is 2.60 bits per heavy atom. The molecule has 0 atom stereocenters. The van der Waals surface area contributed by atoms with Gasteiger partial charge in [0.2, 0.25) is 0 Å². The molecule has 0 bridgehead atoms. The SMILES string of the molecule is N=C1c2ncccc2C(=O)N1CC(=O)c1ccccc1. The minimum Gasteiger partial charge on any atom is -0.292 e. The van der Waals surface area contributed by atoms with E-state index in [-0.39, 0.29) is 24.1 Å². The molecule has 20 heavy (non-hydrogen) atoms. The molecular formula is C15H11N3O2. The molecule has 0 spiro atoms. The van der Waals surface area contributed by atoms with Crippen molar-refractivity contribution < 1.29 is 9.59 Å². The van der Waals surface area contributed by atoms with Gasteiger partial charge in [-0.3, -0.25) is 24.9 Å². The van der Waals surface area contributed by atoms with E-state index in [0.29, 0.717) is 16.8 Å². The zero-order chi connectivity index (χ0) is 14.1. The van der Waals surface area contributed by atoms with Crippen LogP contribution < -0.4 is 0 Å². The second-order valence-electron chi connectivity index (χ2n) is 4.43. The van der Waals surface area contributed by atoms with Crippen LogP contribution in [0.15, 0.2) is 48.7 Å². The molecule has 1 aromatic heterocycles. The quantitative estimate of drug-likeness (QED) is 0.859. The van der Waals surface area contributed by atoms with Gasteiger partial charge < -0.3 is 0 Å². The number of rotatable bonds is 3. The molecule has 0 saturated heterocycles. The van der Waals surface area contributed by atoms with Crippen molar-refractivity contribution in [2.24, 2.45) is 0 Å². The molecule has 98 valence electrons. The number of hydrogen-bond acceptors (Lipinski definition) is 4. The van der Waals surface area contributed by atoms with Gasteiger partial charge in [0.05, 0.1) is 12.1 Å². The van der Waals surface area contributed by atoms with Crippen LogP contribution in [0.2, 0.25) is 0 Å². The van der Waals surface area contributed by atoms with Crippen LogP contribution >= 0.6 is 0 Å². The first kappa shape index (κ1) is 12.2. The molecule has 1 aliphatic heterocycles. The number of nitrogens with one attached hydrogen (secondary N) is 1. The summed E-state index contributed by atoms with van der Waals surface area (Å²) in [5, 5.41) is 7.96. The third-order valence-corrected chi connectivity index (χ3v) is 3.17. The molecule has 0 aliphatic carbocycles. The van der Waals surface area contributed by atoms with Crippen molar-refractivity contribution in [3.05, 3.63) is 65.5 Å². The van der Waals surface area contributed by atoms with E-state index >= 15 is 0 Å². The fourth-order valence-corrected chi connectivity index (χ4v) is 2.15. The maximum atomic E-state index is 12.2. The van der Waals surface area contributed by atoms with Gasteiger partial charge in [-0.05, 0) is 12.1 Å². The van der Waals surface area contributed by atoms with Crippen LogP contribution in [0.5, 0.6) is 0 Å². The molecule has 5 heteroatoms. The molecule has 5 nitrogen and oxygen atoms in total. The summed E-state index contributed by atoms with van der Waals surface area (Å²) < 4.78 is 0. The minimum absolute atomic E-state index is 0.0186. The van der Waals surface area contributed by atoms with Crippen molar-refractivity contribution in [2.45, 2.75) is 0 Å². The molecule has 3 rings (SSSR count). The van der Waals surface area contributed by atoms with Gasteiger partial charge in [0.25, 0.3) is 5.91 Å². The van der Waals surface area contributed by atoms with Crippen molar-refractivity contribution in [3.63, 3.8) is 0 Å². The second-order valence-corrected chi connectivity index (χ2v) is 4.43. The van der Waals surface area contributed by atoms with Gasteiger partial charge in [0.15, 0.2) is 11.6 Å². The third kappa shape index (κ3) is 1.89. The van der Waals surface area contributed by atoms with Crippen LogP contribution in [0, 0.1) is 5.41 Å². The van der Waals surface area contributed by atoms with E-state index in [0.717, 1.165) is 4.90 Å². The first-order valence-corrected chi connectivity index (χ1v) is 6.12. The molecule has 1 aliphatic rings. The fourth-order valence-electron chi connectivity index (χ4n) is 2.15. The van der Waals surface area contributed by atoms with Gasteiger partial charge in [-0.15, -0.1) is 0 Å². The van der Waals surface area contributed by atoms with Crippen LogP contribution in [-0.2, 0) is 0 Å². The van der Waals surface area contributed by atoms with Gasteiger partial charge in [-0.1, -0.05) is 30.3 Å². The fraction of sp³-hybridized carbons (Fsp3) is 0.0667. The van der Waals surface area contributed by atoms with Crippen molar-refractivity contribution in [2.75, 3.05) is 6.54 Å². The van der Waals surface area contributed by atoms with Crippen LogP contribution in [0.4, 0.5) is 0 Å². The number of benzene rings is 1. The Kier molecular flexibility index (Phi) is 2.87. The van der Waals surface area contributed by atoms with Crippen LogP contribution in [0.25, 0.3) is 0 Å². The van der Waals surface area contributed by atoms with E-state index in [1.807, 2.05) is 6.07 Å². The second kappa shape index (κ2) is 4.70. The molecule has 0 fully saturated rings. The highest BCUT2D eigenvalue weighted by Gasteiger charge is 2.34. The topological polar surface area (TPSA) is 74.1 Å². The maximum absolute atomic E-state index is 12.2. The highest BCUT2D eigenvalue weighted by Crippen LogP contribution is 2.20. The molecule has 0 unspecified atom stereocenters. The average Bonchev–Trinajstić information content (AvgIpc) is 2.74. The lowest BCUT2D eigenvalue weighted by Gasteiger charge is -2.14. The summed E-state index contributed by atoms with van der Waals surface area (Å²) in [6.07, 6.45) is 1.53. The Labute approximate surface area is 115 Å². The molecule has 0 radical (unpaired) electrons. The number of carbonyl (C=O) groups excluding carboxylic acids is 2. The molecular weight excluding hydrogens is 254 g/mol. The predicted molar refractivity (Wildman–Crippen MR) is 72.9 cm³/mol. The Balaban J connectivity index is 1.86. The molecule has 1 N–H and O–H groups in total. The van der Waals surface area contributed by atoms with Crippen LogP contribution in [0.1, 0.15) is 26.4 Å². The number of amidine groups is 1. The number of hydrogen-bond donors (Lipinski definition) is 1. The Morgan fingerprint density at radius 2 is 1.90 bits per heavy atom. The average molecular weight is 265 g/mol. The summed E-state index contributed by atoms with van der Waals surface area (Å²) in [5.74, 6) is -0.561. The first-order valence-electron chi connectivity index (χ1n) is 6.12. The van der Waals surface area contributed by atoms with Crippen molar-refractivity contribution in [3.8, 4) is 0 Å². The predicted octanol–water partition coefficient (Wildman–Crippen LogP) is 1.75. The lowest BCUT2D eigenvalue weighted by molar-refractivity contribution is 0.0808. The van der Waals surface area contributed by atoms with Gasteiger partial charge in [-0.2, -0.15) is 0 Å². The summed E-state index contributed by atoms with van der Waals surface area (Å²) in [6.45, 7) is -0.141. The van der Waals surface area contributed by atoms with Crippen LogP contribution in [-0.4, -0.2) is 34.0 Å². The van der Waals surface area contributed by atoms with E-state index in [1.165, 1.54) is 6.20 Å². The summed E-state index contributed by atoms with van der Waals surface area (Å²) in [6, 6.07) is 12.0. The largest absolute Gasteiger partial charge is 0.292 e. The Bertz CT molecular complexity index is 675. The molecule has 0 saturated carbocycles. The Hall–Kier alpha value is -2.82. The van der Waals surface area contributed by atoms with Gasteiger partial charge >= 0.3 is 0 Å². The third-order valence-electron chi connectivity index (χ3n) is 3.17. The van der Waals surface area contributed by atoms with E-state index in [2.05, 4.69) is 4.98 Å². The van der Waals surface area contributed by atoms with E-state index in [4.69, 9.17) is 5.41 Å². The highest BCUT2D eigenvalue weighted by atomic mass is 16.2. The normalized spacial score (nSPS) is 13.5. The summed E-state index contributed by atoms with van der Waals surface area (Å²) in [5.41, 5.74) is 1.23. The molecule has 1 amide bonds. The number of Topliss-reactive ketones (excluding diaryl/α,β-unsaturated/α-hetero) is 1. The van der Waals surface area contributed by atoms with Crippen molar-refractivity contribution in [1.82, 2.24) is 9.88 Å². The standard InChI is InChI=1S/C15H11N3O2/c16-14-13-11(7-4-8-17-13)15(20)18(14)9-12(19)10-5-2-1-3-6-10/h1-8,16H,9H2. The summed E-state index contributed by atoms with van der Waals surface area (Å²) in [7, 11) is 0. The van der Waals surface area contributed by atoms with Gasteiger partial charge in [0, 0.05) is 11.8 Å². The highest BCUT2D eigenvalue weighted by molar-refractivity contribution is 6.22. The Morgan fingerprint density at radius 1 is 1.15 bits per heavy atom. The van der Waals surface area contributed by atoms with Crippen molar-refractivity contribution in [1.29, 1.82) is 5.41 Å². The number of nitrogens with zero attached hydrogens (tertiary/aromatic N) is 2. The number of amides is 1. The van der Waals surface area contributed by atoms with Crippen molar-refractivity contribution >= 4 is 17.5 Å². The monoisotopic (exact) mass is 265 g/mol. The zero-order valence-electron chi connectivity index (χ0n) is 10.5. The zero-order valence-corrected chi connectivity index (χ0v) is 10.5. The van der Waals surface area contributed by atoms with E-state index in [1.54, 1.807) is 36.4 Å². The number of aromatic nitrogens is 1. The molecule has 2 aromatic rings. The number of pyridine rings is 1. The molecule has 2 heterocycles. The summed E-state index contributed by atoms with van der Waals surface area (Å²) in [4.78, 5) is 29.5. The summed E-state index contributed by atoms with van der Waals surface area (Å²) >= 11 is 0.